The van der Waals surface area contributed by atoms with Crippen LogP contribution in [0.1, 0.15) is 22.8 Å². The Labute approximate surface area is 108 Å². The number of carbonyl (C=O) groups is 2. The SMILES string of the molecule is CC(=O)Nc1ccc(C(=O)O)cc1/C=N/N=C(N)N. The summed E-state index contributed by atoms with van der Waals surface area (Å²) in [6.07, 6.45) is 1.25. The summed E-state index contributed by atoms with van der Waals surface area (Å²) in [5.74, 6) is -1.61. The normalized spacial score (nSPS) is 10.2. The van der Waals surface area contributed by atoms with Crippen molar-refractivity contribution in [3.8, 4) is 0 Å². The van der Waals surface area contributed by atoms with Crippen LogP contribution < -0.4 is 16.8 Å². The average molecular weight is 263 g/mol. The minimum atomic E-state index is -1.09. The van der Waals surface area contributed by atoms with Gasteiger partial charge in [0.05, 0.1) is 11.8 Å². The second-order valence-electron chi connectivity index (χ2n) is 3.56. The summed E-state index contributed by atoms with van der Waals surface area (Å²) in [4.78, 5) is 21.9. The van der Waals surface area contributed by atoms with Crippen molar-refractivity contribution < 1.29 is 14.7 Å². The molecule has 0 saturated heterocycles. The van der Waals surface area contributed by atoms with Gasteiger partial charge in [-0.2, -0.15) is 5.10 Å². The van der Waals surface area contributed by atoms with Crippen LogP contribution in [0.15, 0.2) is 28.4 Å². The van der Waals surface area contributed by atoms with Crippen LogP contribution in [-0.4, -0.2) is 29.2 Å². The van der Waals surface area contributed by atoms with Crippen molar-refractivity contribution in [1.82, 2.24) is 0 Å². The monoisotopic (exact) mass is 263 g/mol. The van der Waals surface area contributed by atoms with E-state index in [1.165, 1.54) is 31.3 Å². The van der Waals surface area contributed by atoms with Gasteiger partial charge in [-0.1, -0.05) is 0 Å². The van der Waals surface area contributed by atoms with Crippen molar-refractivity contribution in [2.45, 2.75) is 6.92 Å². The third-order valence-electron chi connectivity index (χ3n) is 1.98. The highest BCUT2D eigenvalue weighted by Gasteiger charge is 2.08. The highest BCUT2D eigenvalue weighted by Crippen LogP contribution is 2.16. The smallest absolute Gasteiger partial charge is 0.335 e. The Bertz CT molecular complexity index is 561. The average Bonchev–Trinajstić information content (AvgIpc) is 2.29. The maximum atomic E-state index is 11.0. The number of nitrogens with one attached hydrogen (secondary N) is 1. The number of aromatic carboxylic acids is 1. The first kappa shape index (κ1) is 14.2. The quantitative estimate of drug-likeness (QED) is 0.342. The van der Waals surface area contributed by atoms with Gasteiger partial charge in [0.25, 0.3) is 0 Å². The van der Waals surface area contributed by atoms with Crippen LogP contribution in [0.5, 0.6) is 0 Å². The van der Waals surface area contributed by atoms with E-state index in [0.29, 0.717) is 11.3 Å². The van der Waals surface area contributed by atoms with E-state index < -0.39 is 5.97 Å². The first-order valence-electron chi connectivity index (χ1n) is 5.17. The van der Waals surface area contributed by atoms with Crippen LogP contribution in [0.3, 0.4) is 0 Å². The van der Waals surface area contributed by atoms with Gasteiger partial charge < -0.3 is 21.9 Å². The summed E-state index contributed by atoms with van der Waals surface area (Å²) >= 11 is 0. The molecule has 1 rings (SSSR count). The van der Waals surface area contributed by atoms with E-state index in [9.17, 15) is 9.59 Å². The van der Waals surface area contributed by atoms with E-state index in [0.717, 1.165) is 0 Å². The lowest BCUT2D eigenvalue weighted by molar-refractivity contribution is -0.114. The Morgan fingerprint density at radius 3 is 2.58 bits per heavy atom. The fourth-order valence-corrected chi connectivity index (χ4v) is 1.26. The lowest BCUT2D eigenvalue weighted by Gasteiger charge is -2.06. The number of anilines is 1. The van der Waals surface area contributed by atoms with Crippen LogP contribution in [0.4, 0.5) is 5.69 Å². The Balaban J connectivity index is 3.17. The van der Waals surface area contributed by atoms with Crippen molar-refractivity contribution in [3.63, 3.8) is 0 Å². The van der Waals surface area contributed by atoms with Gasteiger partial charge in [0, 0.05) is 18.2 Å². The number of guanidine groups is 1. The minimum absolute atomic E-state index is 0.0558. The topological polar surface area (TPSA) is 143 Å². The molecule has 1 aromatic rings. The molecule has 0 unspecified atom stereocenters. The number of nitrogens with two attached hydrogens (primary N) is 2. The van der Waals surface area contributed by atoms with Crippen LogP contribution >= 0.6 is 0 Å². The first-order chi connectivity index (χ1) is 8.90. The molecule has 0 bridgehead atoms. The highest BCUT2D eigenvalue weighted by molar-refractivity contribution is 5.99. The first-order valence-corrected chi connectivity index (χ1v) is 5.17. The summed E-state index contributed by atoms with van der Waals surface area (Å²) in [6, 6.07) is 4.17. The predicted octanol–water partition coefficient (Wildman–Crippen LogP) is -0.0495. The number of carboxylic acids is 1. The second kappa shape index (κ2) is 6.15. The van der Waals surface area contributed by atoms with Gasteiger partial charge in [0.2, 0.25) is 11.9 Å². The molecule has 0 aliphatic rings. The van der Waals surface area contributed by atoms with Crippen molar-refractivity contribution in [2.75, 3.05) is 5.32 Å². The van der Waals surface area contributed by atoms with Gasteiger partial charge in [0.1, 0.15) is 0 Å². The number of hydrogen-bond donors (Lipinski definition) is 4. The molecule has 6 N–H and O–H groups in total. The van der Waals surface area contributed by atoms with E-state index >= 15 is 0 Å². The fourth-order valence-electron chi connectivity index (χ4n) is 1.26. The van der Waals surface area contributed by atoms with Gasteiger partial charge >= 0.3 is 5.97 Å². The number of benzene rings is 1. The van der Waals surface area contributed by atoms with Crippen LogP contribution in [-0.2, 0) is 4.79 Å². The number of carboxylic acid groups (broad SMARTS) is 1. The molecule has 8 heteroatoms. The molecule has 100 valence electrons. The molecule has 0 aliphatic carbocycles. The van der Waals surface area contributed by atoms with Gasteiger partial charge in [0.15, 0.2) is 0 Å². The number of amides is 1. The maximum absolute atomic E-state index is 11.0. The van der Waals surface area contributed by atoms with Crippen LogP contribution in [0, 0.1) is 0 Å². The molecule has 19 heavy (non-hydrogen) atoms. The molecule has 0 aromatic heterocycles. The fraction of sp³-hybridized carbons (Fsp3) is 0.0909. The van der Waals surface area contributed by atoms with E-state index in [2.05, 4.69) is 15.5 Å². The Hall–Kier alpha value is -2.90. The number of rotatable bonds is 4. The molecule has 0 saturated carbocycles. The van der Waals surface area contributed by atoms with Crippen molar-refractivity contribution >= 4 is 29.7 Å². The van der Waals surface area contributed by atoms with E-state index in [4.69, 9.17) is 16.6 Å². The molecule has 0 atom stereocenters. The van der Waals surface area contributed by atoms with E-state index in [1.54, 1.807) is 0 Å². The third kappa shape index (κ3) is 4.46. The Morgan fingerprint density at radius 1 is 1.37 bits per heavy atom. The zero-order chi connectivity index (χ0) is 14.4. The summed E-state index contributed by atoms with van der Waals surface area (Å²) < 4.78 is 0. The molecular weight excluding hydrogens is 250 g/mol. The maximum Gasteiger partial charge on any atom is 0.335 e. The highest BCUT2D eigenvalue weighted by atomic mass is 16.4. The minimum Gasteiger partial charge on any atom is -0.478 e. The zero-order valence-corrected chi connectivity index (χ0v) is 10.1. The van der Waals surface area contributed by atoms with Crippen molar-refractivity contribution in [3.05, 3.63) is 29.3 Å². The standard InChI is InChI=1S/C11H13N5O3/c1-6(17)15-9-3-2-7(10(18)19)4-8(9)5-14-16-11(12)13/h2-5H,1H3,(H,15,17)(H,18,19)(H4,12,13,16)/b14-5+. The van der Waals surface area contributed by atoms with E-state index in [1.807, 2.05) is 0 Å². The van der Waals surface area contributed by atoms with Gasteiger partial charge in [-0.05, 0) is 18.2 Å². The predicted molar refractivity (Wildman–Crippen MR) is 71.1 cm³/mol. The molecule has 0 fully saturated rings. The Kier molecular flexibility index (Phi) is 4.58. The molecule has 8 nitrogen and oxygen atoms in total. The lowest BCUT2D eigenvalue weighted by Crippen LogP contribution is -2.21. The summed E-state index contributed by atoms with van der Waals surface area (Å²) in [7, 11) is 0. The van der Waals surface area contributed by atoms with Gasteiger partial charge in [-0.3, -0.25) is 4.79 Å². The molecule has 0 aliphatic heterocycles. The zero-order valence-electron chi connectivity index (χ0n) is 10.1. The molecule has 0 radical (unpaired) electrons. The second-order valence-corrected chi connectivity index (χ2v) is 3.56. The molecule has 1 amide bonds. The molecular formula is C11H13N5O3. The third-order valence-corrected chi connectivity index (χ3v) is 1.98. The summed E-state index contributed by atoms with van der Waals surface area (Å²) in [6.45, 7) is 1.34. The Morgan fingerprint density at radius 2 is 2.05 bits per heavy atom. The molecule has 0 heterocycles. The molecule has 1 aromatic carbocycles. The van der Waals surface area contributed by atoms with Crippen LogP contribution in [0.2, 0.25) is 0 Å². The van der Waals surface area contributed by atoms with Crippen molar-refractivity contribution in [1.29, 1.82) is 0 Å². The summed E-state index contributed by atoms with van der Waals surface area (Å²) in [5.41, 5.74) is 11.0. The van der Waals surface area contributed by atoms with Gasteiger partial charge in [-0.25, -0.2) is 4.79 Å². The number of hydrogen-bond acceptors (Lipinski definition) is 4. The summed E-state index contributed by atoms with van der Waals surface area (Å²) in [5, 5.41) is 18.4. The van der Waals surface area contributed by atoms with E-state index in [-0.39, 0.29) is 17.4 Å². The largest absolute Gasteiger partial charge is 0.478 e. The van der Waals surface area contributed by atoms with Gasteiger partial charge in [-0.15, -0.1) is 5.10 Å². The van der Waals surface area contributed by atoms with Crippen LogP contribution in [0.25, 0.3) is 0 Å². The number of nitrogens with zero attached hydrogens (tertiary/aromatic N) is 2. The van der Waals surface area contributed by atoms with Crippen molar-refractivity contribution in [2.24, 2.45) is 21.7 Å². The lowest BCUT2D eigenvalue weighted by atomic mass is 10.1. The molecule has 0 spiro atoms. The number of carbonyl (C=O) groups excluding carboxylic acids is 1.